The summed E-state index contributed by atoms with van der Waals surface area (Å²) in [6.45, 7) is 3.03. The van der Waals surface area contributed by atoms with Gasteiger partial charge in [0.2, 0.25) is 17.7 Å². The highest BCUT2D eigenvalue weighted by Crippen LogP contribution is 2.36. The SMILES string of the molecule is COc1c(C(=O)NC2CCC(=O)NC2=O)cccc1N1CCC(CNC(=O)CCC2=C(C)C(=O)N(Nc3ccc(C(F)(F)F)c(Cl)n3)C2=O)CC1. The summed E-state index contributed by atoms with van der Waals surface area (Å²) in [5.41, 5.74) is 2.38. The van der Waals surface area contributed by atoms with E-state index >= 15 is 0 Å². The first kappa shape index (κ1) is 37.1. The second-order valence-corrected chi connectivity index (χ2v) is 12.6. The van der Waals surface area contributed by atoms with E-state index in [1.165, 1.54) is 14.0 Å². The largest absolute Gasteiger partial charge is 0.494 e. The molecule has 2 aromatic rings. The lowest BCUT2D eigenvalue weighted by atomic mass is 9.95. The topological polar surface area (TPSA) is 179 Å². The Morgan fingerprint density at radius 3 is 2.43 bits per heavy atom. The van der Waals surface area contributed by atoms with Crippen molar-refractivity contribution in [3.63, 3.8) is 0 Å². The van der Waals surface area contributed by atoms with E-state index in [0.29, 0.717) is 42.1 Å². The molecule has 0 saturated carbocycles. The third-order valence-corrected chi connectivity index (χ3v) is 9.24. The lowest BCUT2D eigenvalue weighted by molar-refractivity contribution is -0.138. The minimum Gasteiger partial charge on any atom is -0.494 e. The van der Waals surface area contributed by atoms with Crippen LogP contribution in [0.3, 0.4) is 0 Å². The number of hydrogen-bond acceptors (Lipinski definition) is 10. The maximum atomic E-state index is 13.1. The number of carbonyl (C=O) groups excluding carboxylic acids is 6. The molecule has 272 valence electrons. The molecule has 4 N–H and O–H groups in total. The van der Waals surface area contributed by atoms with E-state index in [1.54, 1.807) is 12.1 Å². The quantitative estimate of drug-likeness (QED) is 0.198. The van der Waals surface area contributed by atoms with E-state index in [1.807, 2.05) is 6.07 Å². The lowest BCUT2D eigenvalue weighted by Gasteiger charge is -2.34. The zero-order chi connectivity index (χ0) is 37.0. The van der Waals surface area contributed by atoms with Crippen molar-refractivity contribution in [1.82, 2.24) is 25.9 Å². The second-order valence-electron chi connectivity index (χ2n) is 12.3. The van der Waals surface area contributed by atoms with Crippen LogP contribution in [0, 0.1) is 5.92 Å². The highest BCUT2D eigenvalue weighted by atomic mass is 35.5. The molecule has 0 bridgehead atoms. The van der Waals surface area contributed by atoms with E-state index in [9.17, 15) is 41.9 Å². The molecule has 1 unspecified atom stereocenters. The van der Waals surface area contributed by atoms with Gasteiger partial charge in [0.05, 0.1) is 23.9 Å². The van der Waals surface area contributed by atoms with Crippen LogP contribution < -0.4 is 31.0 Å². The van der Waals surface area contributed by atoms with Crippen molar-refractivity contribution >= 4 is 58.5 Å². The summed E-state index contributed by atoms with van der Waals surface area (Å²) in [5, 5.41) is 7.56. The van der Waals surface area contributed by atoms with Crippen LogP contribution in [0.15, 0.2) is 41.5 Å². The van der Waals surface area contributed by atoms with Gasteiger partial charge in [0.25, 0.3) is 17.7 Å². The second kappa shape index (κ2) is 15.4. The Morgan fingerprint density at radius 1 is 1.06 bits per heavy atom. The molecule has 1 aromatic heterocycles. The zero-order valence-electron chi connectivity index (χ0n) is 27.6. The Kier molecular flexibility index (Phi) is 11.2. The van der Waals surface area contributed by atoms with E-state index in [-0.39, 0.29) is 65.9 Å². The van der Waals surface area contributed by atoms with Gasteiger partial charge in [0.15, 0.2) is 5.75 Å². The third kappa shape index (κ3) is 8.41. The number of ether oxygens (including phenoxy) is 1. The van der Waals surface area contributed by atoms with Crippen LogP contribution in [0.2, 0.25) is 5.15 Å². The molecule has 2 fully saturated rings. The minimum atomic E-state index is -4.73. The van der Waals surface area contributed by atoms with Crippen molar-refractivity contribution in [2.45, 2.75) is 57.7 Å². The number of hydrazine groups is 1. The van der Waals surface area contributed by atoms with E-state index < -0.39 is 46.6 Å². The number of methoxy groups -OCH3 is 1. The van der Waals surface area contributed by atoms with Crippen LogP contribution in [-0.2, 0) is 30.1 Å². The summed E-state index contributed by atoms with van der Waals surface area (Å²) in [6, 6.07) is 5.95. The smallest absolute Gasteiger partial charge is 0.419 e. The summed E-state index contributed by atoms with van der Waals surface area (Å²) in [7, 11) is 1.46. The number of hydrogen-bond donors (Lipinski definition) is 4. The molecule has 0 radical (unpaired) electrons. The fourth-order valence-corrected chi connectivity index (χ4v) is 6.36. The van der Waals surface area contributed by atoms with Crippen LogP contribution in [0.25, 0.3) is 0 Å². The number of halogens is 4. The molecule has 0 aliphatic carbocycles. The lowest BCUT2D eigenvalue weighted by Crippen LogP contribution is -2.52. The van der Waals surface area contributed by atoms with Crippen molar-refractivity contribution in [1.29, 1.82) is 0 Å². The van der Waals surface area contributed by atoms with Crippen molar-refractivity contribution in [3.05, 3.63) is 57.8 Å². The molecule has 3 aliphatic rings. The number of benzene rings is 1. The number of alkyl halides is 3. The van der Waals surface area contributed by atoms with Gasteiger partial charge in [-0.3, -0.25) is 39.5 Å². The van der Waals surface area contributed by atoms with Crippen molar-refractivity contribution in [2.24, 2.45) is 5.92 Å². The first-order valence-electron chi connectivity index (χ1n) is 16.1. The number of pyridine rings is 1. The number of rotatable bonds is 11. The van der Waals surface area contributed by atoms with Gasteiger partial charge in [-0.15, -0.1) is 0 Å². The van der Waals surface area contributed by atoms with Crippen LogP contribution >= 0.6 is 11.6 Å². The molecule has 18 heteroatoms. The summed E-state index contributed by atoms with van der Waals surface area (Å²) in [6.07, 6.45) is -3.07. The molecular weight excluding hydrogens is 699 g/mol. The summed E-state index contributed by atoms with van der Waals surface area (Å²) in [5.74, 6) is -2.97. The Morgan fingerprint density at radius 2 is 1.78 bits per heavy atom. The number of aromatic nitrogens is 1. The number of imide groups is 2. The maximum absolute atomic E-state index is 13.1. The summed E-state index contributed by atoms with van der Waals surface area (Å²) in [4.78, 5) is 80.8. The van der Waals surface area contributed by atoms with Gasteiger partial charge in [-0.1, -0.05) is 17.7 Å². The number of para-hydroxylation sites is 1. The van der Waals surface area contributed by atoms with Crippen molar-refractivity contribution < 1.29 is 46.7 Å². The molecule has 3 aliphatic heterocycles. The molecule has 4 heterocycles. The van der Waals surface area contributed by atoms with Gasteiger partial charge >= 0.3 is 6.18 Å². The number of carbonyl (C=O) groups is 6. The molecule has 1 aromatic carbocycles. The van der Waals surface area contributed by atoms with E-state index in [0.717, 1.165) is 18.9 Å². The number of amides is 6. The van der Waals surface area contributed by atoms with Crippen LogP contribution in [-0.4, -0.2) is 78.2 Å². The van der Waals surface area contributed by atoms with Crippen LogP contribution in [0.4, 0.5) is 24.7 Å². The normalized spacial score (nSPS) is 18.6. The molecule has 14 nitrogen and oxygen atoms in total. The number of nitrogens with zero attached hydrogens (tertiary/aromatic N) is 3. The fourth-order valence-electron chi connectivity index (χ4n) is 6.10. The highest BCUT2D eigenvalue weighted by Gasteiger charge is 2.38. The predicted molar refractivity (Wildman–Crippen MR) is 176 cm³/mol. The summed E-state index contributed by atoms with van der Waals surface area (Å²) >= 11 is 5.65. The van der Waals surface area contributed by atoms with Crippen molar-refractivity contribution in [2.75, 3.05) is 37.1 Å². The van der Waals surface area contributed by atoms with E-state index in [2.05, 4.69) is 31.3 Å². The van der Waals surface area contributed by atoms with Gasteiger partial charge in [-0.25, -0.2) is 4.98 Å². The van der Waals surface area contributed by atoms with Gasteiger partial charge in [-0.05, 0) is 62.8 Å². The highest BCUT2D eigenvalue weighted by molar-refractivity contribution is 6.30. The van der Waals surface area contributed by atoms with Crippen LogP contribution in [0.1, 0.15) is 61.4 Å². The molecule has 2 saturated heterocycles. The van der Waals surface area contributed by atoms with E-state index in [4.69, 9.17) is 16.3 Å². The Balaban J connectivity index is 1.09. The summed E-state index contributed by atoms with van der Waals surface area (Å²) < 4.78 is 44.6. The van der Waals surface area contributed by atoms with Gasteiger partial charge < -0.3 is 20.3 Å². The molecule has 51 heavy (non-hydrogen) atoms. The Hall–Kier alpha value is -5.19. The number of anilines is 2. The minimum absolute atomic E-state index is 0.0344. The van der Waals surface area contributed by atoms with Crippen LogP contribution in [0.5, 0.6) is 5.75 Å². The number of nitrogens with one attached hydrogen (secondary N) is 4. The molecule has 0 spiro atoms. The molecule has 6 amide bonds. The standard InChI is InChI=1S/C33H35ClF3N7O7/c1-17-19(32(50)44(31(17)49)42-24-9-7-21(28(34)40-24)33(35,36)37)6-10-25(45)38-16-18-12-14-43(15-13-18)23-5-3-4-20(27(23)51-2)29(47)39-22-8-11-26(46)41-30(22)48/h3-5,7,9,18,22H,6,8,10-16H2,1-2H3,(H,38,45)(H,39,47)(H,40,42)(H,41,46,48). The molecular formula is C33H35ClF3N7O7. The molecule has 1 atom stereocenters. The monoisotopic (exact) mass is 733 g/mol. The maximum Gasteiger partial charge on any atom is 0.419 e. The third-order valence-electron chi connectivity index (χ3n) is 8.95. The van der Waals surface area contributed by atoms with Gasteiger partial charge in [0.1, 0.15) is 17.0 Å². The van der Waals surface area contributed by atoms with Crippen molar-refractivity contribution in [3.8, 4) is 5.75 Å². The fraction of sp³-hybridized carbons (Fsp3) is 0.424. The predicted octanol–water partition coefficient (Wildman–Crippen LogP) is 3.12. The van der Waals surface area contributed by atoms with Gasteiger partial charge in [-0.2, -0.15) is 18.2 Å². The first-order chi connectivity index (χ1) is 24.2. The Labute approximate surface area is 295 Å². The van der Waals surface area contributed by atoms with Gasteiger partial charge in [0, 0.05) is 43.6 Å². The number of piperidine rings is 2. The average molecular weight is 734 g/mol. The first-order valence-corrected chi connectivity index (χ1v) is 16.5. The molecule has 5 rings (SSSR count). The Bertz CT molecular complexity index is 1790. The zero-order valence-corrected chi connectivity index (χ0v) is 28.4. The average Bonchev–Trinajstić information content (AvgIpc) is 3.28.